The number of hydrogen-bond donors (Lipinski definition) is 1. The molecule has 3 aromatic rings. The Morgan fingerprint density at radius 2 is 1.83 bits per heavy atom. The van der Waals surface area contributed by atoms with Crippen molar-refractivity contribution in [3.63, 3.8) is 0 Å². The molecular weight excluding hydrogens is 456 g/mol. The molecule has 0 radical (unpaired) electrons. The number of fused-ring (bicyclic) bond motifs is 1. The minimum atomic E-state index is -0.267. The van der Waals surface area contributed by atoms with Crippen LogP contribution in [0.5, 0.6) is 23.0 Å². The number of Topliss-reactive ketones (excluding diaryl/α,β-unsaturated/α-hetero) is 1. The van der Waals surface area contributed by atoms with Gasteiger partial charge in [-0.25, -0.2) is 0 Å². The Hall–Kier alpha value is -3.51. The molecule has 0 bridgehead atoms. The number of rotatable bonds is 11. The maximum absolute atomic E-state index is 13.2. The summed E-state index contributed by atoms with van der Waals surface area (Å²) in [5, 5.41) is 9.87. The van der Waals surface area contributed by atoms with Crippen LogP contribution >= 0.6 is 0 Å². The molecule has 6 heteroatoms. The highest BCUT2D eigenvalue weighted by atomic mass is 16.5. The summed E-state index contributed by atoms with van der Waals surface area (Å²) < 4.78 is 23.9. The van der Waals surface area contributed by atoms with E-state index in [1.54, 1.807) is 24.3 Å². The molecule has 3 aromatic carbocycles. The molecule has 1 heterocycles. The summed E-state index contributed by atoms with van der Waals surface area (Å²) >= 11 is 0. The van der Waals surface area contributed by atoms with E-state index < -0.39 is 0 Å². The first-order valence-corrected chi connectivity index (χ1v) is 12.4. The summed E-state index contributed by atoms with van der Waals surface area (Å²) in [5.74, 6) is 2.14. The van der Waals surface area contributed by atoms with E-state index >= 15 is 0 Å². The summed E-state index contributed by atoms with van der Waals surface area (Å²) in [4.78, 5) is 13.2. The van der Waals surface area contributed by atoms with Gasteiger partial charge in [0.2, 0.25) is 5.78 Å². The zero-order chi connectivity index (χ0) is 25.5. The maximum Gasteiger partial charge on any atom is 0.203 e. The molecule has 0 unspecified atom stereocenters. The van der Waals surface area contributed by atoms with Gasteiger partial charge in [0.1, 0.15) is 35.2 Å². The van der Waals surface area contributed by atoms with Crippen molar-refractivity contribution in [1.82, 2.24) is 0 Å². The van der Waals surface area contributed by atoms with Gasteiger partial charge in [-0.3, -0.25) is 4.79 Å². The Morgan fingerprint density at radius 1 is 1.03 bits per heavy atom. The first-order valence-electron chi connectivity index (χ1n) is 12.4. The molecule has 0 spiro atoms. The fourth-order valence-corrected chi connectivity index (χ4v) is 4.18. The Kier molecular flexibility index (Phi) is 8.16. The number of aliphatic hydroxyl groups excluding tert-OH is 1. The van der Waals surface area contributed by atoms with E-state index in [2.05, 4.69) is 0 Å². The molecule has 1 aliphatic rings. The molecule has 0 saturated heterocycles. The molecule has 1 aliphatic heterocycles. The van der Waals surface area contributed by atoms with E-state index in [0.717, 1.165) is 36.1 Å². The highest BCUT2D eigenvalue weighted by Crippen LogP contribution is 2.40. The Labute approximate surface area is 212 Å². The van der Waals surface area contributed by atoms with E-state index in [1.807, 2.05) is 57.2 Å². The van der Waals surface area contributed by atoms with Crippen LogP contribution in [-0.4, -0.2) is 29.7 Å². The average Bonchev–Trinajstić information content (AvgIpc) is 2.89. The van der Waals surface area contributed by atoms with Gasteiger partial charge in [-0.2, -0.15) is 0 Å². The summed E-state index contributed by atoms with van der Waals surface area (Å²) in [5.41, 5.74) is 2.75. The maximum atomic E-state index is 13.2. The van der Waals surface area contributed by atoms with Crippen LogP contribution in [0.15, 0.2) is 60.7 Å². The normalized spacial score (nSPS) is 13.9. The third-order valence-corrected chi connectivity index (χ3v) is 6.14. The third kappa shape index (κ3) is 6.18. The van der Waals surface area contributed by atoms with Crippen LogP contribution in [0.25, 0.3) is 0 Å². The number of ketones is 1. The van der Waals surface area contributed by atoms with Crippen molar-refractivity contribution in [2.24, 2.45) is 0 Å². The minimum absolute atomic E-state index is 0.181. The number of aliphatic hydroxyl groups is 1. The molecule has 4 rings (SSSR count). The molecule has 1 N–H and O–H groups in total. The molecule has 190 valence electrons. The SMILES string of the molecule is CCCOc1cc(OCc2ccccc2)ccc1C(=O)COc1c(CO)ccc2c1CCC(C)(C)O2. The number of hydrogen-bond acceptors (Lipinski definition) is 6. The Bertz CT molecular complexity index is 1190. The van der Waals surface area contributed by atoms with Gasteiger partial charge in [0.25, 0.3) is 0 Å². The fraction of sp³-hybridized carbons (Fsp3) is 0.367. The topological polar surface area (TPSA) is 74.2 Å². The standard InChI is InChI=1S/C30H34O6/c1-4-16-33-28-17-23(34-19-21-8-6-5-7-9-21)11-12-24(28)26(32)20-35-29-22(18-31)10-13-27-25(29)14-15-30(2,3)36-27/h5-13,17,31H,4,14-16,18-20H2,1-3H3. The zero-order valence-electron chi connectivity index (χ0n) is 21.2. The third-order valence-electron chi connectivity index (χ3n) is 6.14. The van der Waals surface area contributed by atoms with E-state index in [0.29, 0.717) is 41.6 Å². The van der Waals surface area contributed by atoms with Crippen molar-refractivity contribution in [3.05, 3.63) is 82.9 Å². The van der Waals surface area contributed by atoms with Crippen molar-refractivity contribution >= 4 is 5.78 Å². The van der Waals surface area contributed by atoms with Crippen molar-refractivity contribution < 1.29 is 28.8 Å². The molecule has 0 saturated carbocycles. The van der Waals surface area contributed by atoms with Gasteiger partial charge in [0.15, 0.2) is 6.61 Å². The van der Waals surface area contributed by atoms with Gasteiger partial charge < -0.3 is 24.1 Å². The zero-order valence-corrected chi connectivity index (χ0v) is 21.2. The average molecular weight is 491 g/mol. The Balaban J connectivity index is 1.51. The lowest BCUT2D eigenvalue weighted by atomic mass is 9.92. The van der Waals surface area contributed by atoms with E-state index in [9.17, 15) is 9.90 Å². The van der Waals surface area contributed by atoms with Crippen LogP contribution in [0.1, 0.15) is 60.7 Å². The second-order valence-corrected chi connectivity index (χ2v) is 9.54. The number of ether oxygens (including phenoxy) is 4. The van der Waals surface area contributed by atoms with Crippen LogP contribution in [0, 0.1) is 0 Å². The highest BCUT2D eigenvalue weighted by molar-refractivity contribution is 6.00. The van der Waals surface area contributed by atoms with Gasteiger partial charge >= 0.3 is 0 Å². The van der Waals surface area contributed by atoms with Gasteiger partial charge in [-0.15, -0.1) is 0 Å². The minimum Gasteiger partial charge on any atom is -0.493 e. The summed E-state index contributed by atoms with van der Waals surface area (Å²) in [6, 6.07) is 18.8. The summed E-state index contributed by atoms with van der Waals surface area (Å²) in [6.45, 7) is 6.65. The van der Waals surface area contributed by atoms with Gasteiger partial charge in [0, 0.05) is 17.2 Å². The van der Waals surface area contributed by atoms with Crippen LogP contribution in [-0.2, 0) is 19.6 Å². The molecule has 0 aliphatic carbocycles. The first-order chi connectivity index (χ1) is 17.4. The first kappa shape index (κ1) is 25.6. The van der Waals surface area contributed by atoms with Crippen LogP contribution in [0.4, 0.5) is 0 Å². The predicted octanol–water partition coefficient (Wildman–Crippen LogP) is 5.91. The van der Waals surface area contributed by atoms with E-state index in [-0.39, 0.29) is 24.6 Å². The number of benzene rings is 3. The van der Waals surface area contributed by atoms with Crippen molar-refractivity contribution in [1.29, 1.82) is 0 Å². The van der Waals surface area contributed by atoms with Crippen molar-refractivity contribution in [2.45, 2.75) is 58.8 Å². The molecule has 6 nitrogen and oxygen atoms in total. The molecule has 0 amide bonds. The smallest absolute Gasteiger partial charge is 0.203 e. The predicted molar refractivity (Wildman–Crippen MR) is 138 cm³/mol. The van der Waals surface area contributed by atoms with Gasteiger partial charge in [-0.05, 0) is 62.9 Å². The lowest BCUT2D eigenvalue weighted by Gasteiger charge is -2.33. The van der Waals surface area contributed by atoms with Gasteiger partial charge in [-0.1, -0.05) is 37.3 Å². The van der Waals surface area contributed by atoms with Crippen molar-refractivity contribution in [2.75, 3.05) is 13.2 Å². The highest BCUT2D eigenvalue weighted by Gasteiger charge is 2.30. The monoisotopic (exact) mass is 490 g/mol. The van der Waals surface area contributed by atoms with Crippen LogP contribution < -0.4 is 18.9 Å². The fourth-order valence-electron chi connectivity index (χ4n) is 4.18. The van der Waals surface area contributed by atoms with E-state index in [1.165, 1.54) is 0 Å². The number of carbonyl (C=O) groups is 1. The lowest BCUT2D eigenvalue weighted by Crippen LogP contribution is -2.33. The van der Waals surface area contributed by atoms with Gasteiger partial charge in [0.05, 0.1) is 18.8 Å². The summed E-state index contributed by atoms with van der Waals surface area (Å²) in [7, 11) is 0. The lowest BCUT2D eigenvalue weighted by molar-refractivity contribution is 0.0813. The molecule has 0 aromatic heterocycles. The molecule has 0 fully saturated rings. The second kappa shape index (κ2) is 11.5. The molecule has 0 atom stereocenters. The molecular formula is C30H34O6. The quantitative estimate of drug-likeness (QED) is 0.337. The largest absolute Gasteiger partial charge is 0.493 e. The number of carbonyl (C=O) groups excluding carboxylic acids is 1. The van der Waals surface area contributed by atoms with E-state index in [4.69, 9.17) is 18.9 Å². The van der Waals surface area contributed by atoms with Crippen LogP contribution in [0.2, 0.25) is 0 Å². The molecule has 36 heavy (non-hydrogen) atoms. The second-order valence-electron chi connectivity index (χ2n) is 9.54. The summed E-state index contributed by atoms with van der Waals surface area (Å²) in [6.07, 6.45) is 2.38. The van der Waals surface area contributed by atoms with Crippen LogP contribution in [0.3, 0.4) is 0 Å². The van der Waals surface area contributed by atoms with Crippen molar-refractivity contribution in [3.8, 4) is 23.0 Å². The Morgan fingerprint density at radius 3 is 2.58 bits per heavy atom.